The summed E-state index contributed by atoms with van der Waals surface area (Å²) in [6, 6.07) is 6.97. The Morgan fingerprint density at radius 3 is 2.80 bits per heavy atom. The molecule has 0 amide bonds. The van der Waals surface area contributed by atoms with E-state index in [1.54, 1.807) is 19.1 Å². The third-order valence-corrected chi connectivity index (χ3v) is 2.14. The Bertz CT molecular complexity index is 467. The lowest BCUT2D eigenvalue weighted by Crippen LogP contribution is -2.04. The summed E-state index contributed by atoms with van der Waals surface area (Å²) in [6.07, 6.45) is 0. The minimum atomic E-state index is -0.259. The van der Waals surface area contributed by atoms with E-state index in [9.17, 15) is 0 Å². The molecule has 0 aliphatic rings. The lowest BCUT2D eigenvalue weighted by Gasteiger charge is -1.96. The highest BCUT2D eigenvalue weighted by Gasteiger charge is 2.11. The van der Waals surface area contributed by atoms with Crippen LogP contribution in [0.1, 0.15) is 18.9 Å². The smallest absolute Gasteiger partial charge is 0.247 e. The molecule has 5 heteroatoms. The van der Waals surface area contributed by atoms with Gasteiger partial charge in [0.05, 0.1) is 6.04 Å². The molecule has 78 valence electrons. The Balaban J connectivity index is 2.37. The van der Waals surface area contributed by atoms with Crippen LogP contribution in [0.2, 0.25) is 5.02 Å². The number of rotatable bonds is 2. The Hall–Kier alpha value is -1.39. The maximum Gasteiger partial charge on any atom is 0.247 e. The first-order chi connectivity index (χ1) is 7.16. The van der Waals surface area contributed by atoms with Crippen LogP contribution in [0.25, 0.3) is 11.5 Å². The fourth-order valence-electron chi connectivity index (χ4n) is 1.16. The molecule has 15 heavy (non-hydrogen) atoms. The summed E-state index contributed by atoms with van der Waals surface area (Å²) in [4.78, 5) is 0. The highest BCUT2D eigenvalue weighted by Crippen LogP contribution is 2.22. The Morgan fingerprint density at radius 1 is 1.40 bits per heavy atom. The van der Waals surface area contributed by atoms with Gasteiger partial charge in [0.15, 0.2) is 0 Å². The van der Waals surface area contributed by atoms with Crippen LogP contribution < -0.4 is 5.73 Å². The van der Waals surface area contributed by atoms with Crippen LogP contribution in [-0.2, 0) is 0 Å². The fourth-order valence-corrected chi connectivity index (χ4v) is 1.35. The fraction of sp³-hybridized carbons (Fsp3) is 0.200. The molecule has 0 saturated heterocycles. The van der Waals surface area contributed by atoms with Crippen molar-refractivity contribution in [1.82, 2.24) is 10.2 Å². The van der Waals surface area contributed by atoms with Gasteiger partial charge in [-0.3, -0.25) is 0 Å². The Morgan fingerprint density at radius 2 is 2.20 bits per heavy atom. The summed E-state index contributed by atoms with van der Waals surface area (Å²) >= 11 is 5.85. The number of nitrogens with zero attached hydrogens (tertiary/aromatic N) is 2. The molecule has 1 aromatic heterocycles. The van der Waals surface area contributed by atoms with E-state index in [2.05, 4.69) is 10.2 Å². The lowest BCUT2D eigenvalue weighted by atomic mass is 10.2. The molecule has 2 aromatic rings. The second-order valence-electron chi connectivity index (χ2n) is 3.24. The van der Waals surface area contributed by atoms with Crippen LogP contribution in [0.3, 0.4) is 0 Å². The van der Waals surface area contributed by atoms with Gasteiger partial charge >= 0.3 is 0 Å². The van der Waals surface area contributed by atoms with Crippen LogP contribution in [0.5, 0.6) is 0 Å². The second-order valence-corrected chi connectivity index (χ2v) is 3.68. The standard InChI is InChI=1S/C10H10ClN3O/c1-6(12)9-13-14-10(15-9)7-3-2-4-8(11)5-7/h2-6H,12H2,1H3. The maximum absolute atomic E-state index is 5.85. The first-order valence-electron chi connectivity index (χ1n) is 4.52. The highest BCUT2D eigenvalue weighted by atomic mass is 35.5. The molecule has 0 bridgehead atoms. The van der Waals surface area contributed by atoms with Crippen molar-refractivity contribution in [3.8, 4) is 11.5 Å². The third-order valence-electron chi connectivity index (χ3n) is 1.90. The Kier molecular flexibility index (Phi) is 2.70. The van der Waals surface area contributed by atoms with Gasteiger partial charge in [0.2, 0.25) is 11.8 Å². The molecule has 1 aromatic carbocycles. The van der Waals surface area contributed by atoms with Gasteiger partial charge in [-0.1, -0.05) is 17.7 Å². The van der Waals surface area contributed by atoms with E-state index < -0.39 is 0 Å². The largest absolute Gasteiger partial charge is 0.419 e. The molecule has 0 aliphatic carbocycles. The number of hydrogen-bond acceptors (Lipinski definition) is 4. The van der Waals surface area contributed by atoms with Crippen molar-refractivity contribution in [3.63, 3.8) is 0 Å². The van der Waals surface area contributed by atoms with Crippen LogP contribution >= 0.6 is 11.6 Å². The molecule has 1 heterocycles. The van der Waals surface area contributed by atoms with E-state index in [1.165, 1.54) is 0 Å². The summed E-state index contributed by atoms with van der Waals surface area (Å²) in [5.41, 5.74) is 6.41. The van der Waals surface area contributed by atoms with Crippen molar-refractivity contribution in [2.45, 2.75) is 13.0 Å². The van der Waals surface area contributed by atoms with Gasteiger partial charge in [-0.25, -0.2) is 0 Å². The number of aromatic nitrogens is 2. The topological polar surface area (TPSA) is 64.9 Å². The van der Waals surface area contributed by atoms with Crippen molar-refractivity contribution in [3.05, 3.63) is 35.2 Å². The molecular weight excluding hydrogens is 214 g/mol. The van der Waals surface area contributed by atoms with Crippen LogP contribution in [0.4, 0.5) is 0 Å². The third kappa shape index (κ3) is 2.16. The number of halogens is 1. The molecule has 2 N–H and O–H groups in total. The van der Waals surface area contributed by atoms with E-state index in [-0.39, 0.29) is 6.04 Å². The molecule has 0 saturated carbocycles. The van der Waals surface area contributed by atoms with E-state index in [0.717, 1.165) is 5.56 Å². The van der Waals surface area contributed by atoms with Gasteiger partial charge in [0, 0.05) is 10.6 Å². The van der Waals surface area contributed by atoms with Crippen molar-refractivity contribution in [2.75, 3.05) is 0 Å². The van der Waals surface area contributed by atoms with Gasteiger partial charge in [0.1, 0.15) is 0 Å². The van der Waals surface area contributed by atoms with Crippen molar-refractivity contribution in [1.29, 1.82) is 0 Å². The number of benzene rings is 1. The SMILES string of the molecule is CC(N)c1nnc(-c2cccc(Cl)c2)o1. The van der Waals surface area contributed by atoms with Crippen LogP contribution in [0.15, 0.2) is 28.7 Å². The van der Waals surface area contributed by atoms with E-state index in [4.69, 9.17) is 21.8 Å². The molecule has 0 fully saturated rings. The molecule has 4 nitrogen and oxygen atoms in total. The molecular formula is C10H10ClN3O. The van der Waals surface area contributed by atoms with Gasteiger partial charge in [-0.15, -0.1) is 10.2 Å². The number of nitrogens with two attached hydrogens (primary N) is 1. The van der Waals surface area contributed by atoms with Gasteiger partial charge in [0.25, 0.3) is 0 Å². The van der Waals surface area contributed by atoms with Gasteiger partial charge in [-0.05, 0) is 25.1 Å². The van der Waals surface area contributed by atoms with Crippen molar-refractivity contribution < 1.29 is 4.42 Å². The summed E-state index contributed by atoms with van der Waals surface area (Å²) < 4.78 is 5.38. The summed E-state index contributed by atoms with van der Waals surface area (Å²) in [5.74, 6) is 0.856. The quantitative estimate of drug-likeness (QED) is 0.849. The molecule has 0 aliphatic heterocycles. The second kappa shape index (κ2) is 4.00. The van der Waals surface area contributed by atoms with Crippen LogP contribution in [-0.4, -0.2) is 10.2 Å². The predicted octanol–water partition coefficient (Wildman–Crippen LogP) is 2.41. The lowest BCUT2D eigenvalue weighted by molar-refractivity contribution is 0.473. The van der Waals surface area contributed by atoms with Crippen LogP contribution in [0, 0.1) is 0 Å². The molecule has 0 spiro atoms. The summed E-state index contributed by atoms with van der Waals surface area (Å²) in [5, 5.41) is 8.36. The first-order valence-corrected chi connectivity index (χ1v) is 4.89. The average Bonchev–Trinajstić information content (AvgIpc) is 2.66. The van der Waals surface area contributed by atoms with Gasteiger partial charge in [-0.2, -0.15) is 0 Å². The zero-order chi connectivity index (χ0) is 10.8. The van der Waals surface area contributed by atoms with E-state index in [1.807, 2.05) is 12.1 Å². The minimum absolute atomic E-state index is 0.259. The minimum Gasteiger partial charge on any atom is -0.419 e. The molecule has 2 rings (SSSR count). The van der Waals surface area contributed by atoms with E-state index >= 15 is 0 Å². The normalized spacial score (nSPS) is 12.7. The zero-order valence-corrected chi connectivity index (χ0v) is 8.90. The van der Waals surface area contributed by atoms with Gasteiger partial charge < -0.3 is 10.2 Å². The summed E-state index contributed by atoms with van der Waals surface area (Å²) in [7, 11) is 0. The number of hydrogen-bond donors (Lipinski definition) is 1. The predicted molar refractivity (Wildman–Crippen MR) is 57.3 cm³/mol. The molecule has 0 radical (unpaired) electrons. The molecule has 1 unspecified atom stereocenters. The summed E-state index contributed by atoms with van der Waals surface area (Å²) in [6.45, 7) is 1.79. The van der Waals surface area contributed by atoms with E-state index in [0.29, 0.717) is 16.8 Å². The molecule has 1 atom stereocenters. The van der Waals surface area contributed by atoms with Crippen molar-refractivity contribution in [2.24, 2.45) is 5.73 Å². The monoisotopic (exact) mass is 223 g/mol. The van der Waals surface area contributed by atoms with Crippen molar-refractivity contribution >= 4 is 11.6 Å². The Labute approximate surface area is 92.1 Å². The zero-order valence-electron chi connectivity index (χ0n) is 8.14. The highest BCUT2D eigenvalue weighted by molar-refractivity contribution is 6.30. The maximum atomic E-state index is 5.85. The average molecular weight is 224 g/mol. The first kappa shape index (κ1) is 10.1.